The van der Waals surface area contributed by atoms with Crippen molar-refractivity contribution < 1.29 is 14.2 Å². The standard InChI is InChI=1S/C26H28N4O3/c1-18-5-3-7-25(27-18)29-26-8-4-6-22(28-26)24-16-30(11-12-32-24)15-19-13-20-14-21(31-2)9-10-23(20)33-17-19/h3-10,13-14,24H,11-12,15-17H2,1-2H3,(H,27,28,29)/t24-/m0/s1. The predicted octanol–water partition coefficient (Wildman–Crippen LogP) is 4.39. The fourth-order valence-electron chi connectivity index (χ4n) is 4.18. The van der Waals surface area contributed by atoms with Gasteiger partial charge in [-0.1, -0.05) is 12.1 Å². The molecule has 0 saturated carbocycles. The highest BCUT2D eigenvalue weighted by atomic mass is 16.5. The molecule has 7 nitrogen and oxygen atoms in total. The summed E-state index contributed by atoms with van der Waals surface area (Å²) in [5.41, 5.74) is 4.18. The van der Waals surface area contributed by atoms with Crippen LogP contribution in [0.1, 0.15) is 23.1 Å². The highest BCUT2D eigenvalue weighted by Crippen LogP contribution is 2.31. The molecule has 2 aromatic heterocycles. The van der Waals surface area contributed by atoms with Crippen molar-refractivity contribution in [3.05, 3.63) is 77.1 Å². The average molecular weight is 445 g/mol. The van der Waals surface area contributed by atoms with Crippen LogP contribution in [0.15, 0.2) is 60.2 Å². The Bertz CT molecular complexity index is 1160. The lowest BCUT2D eigenvalue weighted by Crippen LogP contribution is -2.40. The van der Waals surface area contributed by atoms with E-state index in [0.29, 0.717) is 13.2 Å². The normalized spacial score (nSPS) is 18.1. The van der Waals surface area contributed by atoms with E-state index in [1.54, 1.807) is 7.11 Å². The Morgan fingerprint density at radius 3 is 2.79 bits per heavy atom. The van der Waals surface area contributed by atoms with Gasteiger partial charge in [0.25, 0.3) is 0 Å². The molecule has 0 unspecified atom stereocenters. The number of benzene rings is 1. The molecule has 1 atom stereocenters. The molecule has 0 spiro atoms. The minimum atomic E-state index is -0.0801. The highest BCUT2D eigenvalue weighted by molar-refractivity contribution is 5.64. The molecule has 1 fully saturated rings. The molecule has 33 heavy (non-hydrogen) atoms. The number of morpholine rings is 1. The number of hydrogen-bond acceptors (Lipinski definition) is 7. The topological polar surface area (TPSA) is 68.7 Å². The largest absolute Gasteiger partial charge is 0.497 e. The van der Waals surface area contributed by atoms with Crippen LogP contribution in [0.3, 0.4) is 0 Å². The van der Waals surface area contributed by atoms with Gasteiger partial charge in [-0.15, -0.1) is 0 Å². The molecule has 0 amide bonds. The van der Waals surface area contributed by atoms with E-state index in [4.69, 9.17) is 19.2 Å². The van der Waals surface area contributed by atoms with Crippen LogP contribution >= 0.6 is 0 Å². The maximum Gasteiger partial charge on any atom is 0.131 e. The van der Waals surface area contributed by atoms with Gasteiger partial charge in [-0.2, -0.15) is 0 Å². The first-order valence-corrected chi connectivity index (χ1v) is 11.2. The smallest absolute Gasteiger partial charge is 0.131 e. The number of ether oxygens (including phenoxy) is 3. The maximum absolute atomic E-state index is 6.08. The summed E-state index contributed by atoms with van der Waals surface area (Å²) in [6.45, 7) is 5.74. The summed E-state index contributed by atoms with van der Waals surface area (Å²) in [6.07, 6.45) is 2.13. The average Bonchev–Trinajstić information content (AvgIpc) is 2.84. The lowest BCUT2D eigenvalue weighted by atomic mass is 10.1. The van der Waals surface area contributed by atoms with Crippen LogP contribution in [-0.4, -0.2) is 54.8 Å². The Morgan fingerprint density at radius 1 is 1.09 bits per heavy atom. The van der Waals surface area contributed by atoms with Crippen LogP contribution in [0.5, 0.6) is 11.5 Å². The Balaban J connectivity index is 1.26. The van der Waals surface area contributed by atoms with Gasteiger partial charge in [0, 0.05) is 30.9 Å². The molecule has 1 aromatic carbocycles. The Labute approximate surface area is 194 Å². The number of methoxy groups -OCH3 is 1. The Hall–Kier alpha value is -3.42. The van der Waals surface area contributed by atoms with E-state index < -0.39 is 0 Å². The second kappa shape index (κ2) is 9.60. The zero-order valence-corrected chi connectivity index (χ0v) is 19.0. The van der Waals surface area contributed by atoms with Crippen molar-refractivity contribution >= 4 is 17.7 Å². The monoisotopic (exact) mass is 444 g/mol. The number of rotatable bonds is 6. The van der Waals surface area contributed by atoms with Gasteiger partial charge in [-0.3, -0.25) is 4.90 Å². The first kappa shape index (κ1) is 21.4. The van der Waals surface area contributed by atoms with Gasteiger partial charge in [0.2, 0.25) is 0 Å². The van der Waals surface area contributed by atoms with E-state index in [1.807, 2.05) is 61.5 Å². The molecule has 3 aromatic rings. The fraction of sp³-hybridized carbons (Fsp3) is 0.308. The third kappa shape index (κ3) is 5.16. The van der Waals surface area contributed by atoms with E-state index in [0.717, 1.165) is 59.7 Å². The second-order valence-electron chi connectivity index (χ2n) is 8.33. The van der Waals surface area contributed by atoms with Gasteiger partial charge >= 0.3 is 0 Å². The zero-order chi connectivity index (χ0) is 22.6. The zero-order valence-electron chi connectivity index (χ0n) is 19.0. The fourth-order valence-corrected chi connectivity index (χ4v) is 4.18. The van der Waals surface area contributed by atoms with E-state index in [-0.39, 0.29) is 6.10 Å². The van der Waals surface area contributed by atoms with Crippen LogP contribution in [0.25, 0.3) is 6.08 Å². The molecule has 1 N–H and O–H groups in total. The maximum atomic E-state index is 6.08. The lowest BCUT2D eigenvalue weighted by Gasteiger charge is -2.34. The molecule has 7 heteroatoms. The number of fused-ring (bicyclic) bond motifs is 1. The van der Waals surface area contributed by atoms with Crippen molar-refractivity contribution in [2.24, 2.45) is 0 Å². The number of nitrogens with zero attached hydrogens (tertiary/aromatic N) is 3. The molecular weight excluding hydrogens is 416 g/mol. The predicted molar refractivity (Wildman–Crippen MR) is 128 cm³/mol. The molecule has 0 aliphatic carbocycles. The number of aryl methyl sites for hydroxylation is 1. The quantitative estimate of drug-likeness (QED) is 0.605. The van der Waals surface area contributed by atoms with Crippen molar-refractivity contribution in [2.45, 2.75) is 13.0 Å². The van der Waals surface area contributed by atoms with Gasteiger partial charge in [0.1, 0.15) is 35.8 Å². The molecule has 2 aliphatic heterocycles. The molecular formula is C26H28N4O3. The molecule has 170 valence electrons. The van der Waals surface area contributed by atoms with Crippen LogP contribution in [0, 0.1) is 6.92 Å². The minimum absolute atomic E-state index is 0.0801. The molecule has 5 rings (SSSR count). The number of pyridine rings is 2. The summed E-state index contributed by atoms with van der Waals surface area (Å²) in [5, 5.41) is 3.29. The summed E-state index contributed by atoms with van der Waals surface area (Å²) in [6, 6.07) is 17.8. The van der Waals surface area contributed by atoms with E-state index >= 15 is 0 Å². The van der Waals surface area contributed by atoms with E-state index in [1.165, 1.54) is 5.57 Å². The summed E-state index contributed by atoms with van der Waals surface area (Å²) < 4.78 is 17.4. The number of hydrogen-bond donors (Lipinski definition) is 1. The second-order valence-corrected chi connectivity index (χ2v) is 8.33. The SMILES string of the molecule is COc1ccc2c(c1)C=C(CN1CCO[C@H](c3cccc(Nc4cccc(C)n4)n3)C1)CO2. The molecule has 0 bridgehead atoms. The summed E-state index contributed by atoms with van der Waals surface area (Å²) in [7, 11) is 1.68. The molecule has 0 radical (unpaired) electrons. The first-order chi connectivity index (χ1) is 16.2. The van der Waals surface area contributed by atoms with Crippen molar-refractivity contribution in [2.75, 3.05) is 45.3 Å². The van der Waals surface area contributed by atoms with Crippen LogP contribution in [0.2, 0.25) is 0 Å². The molecule has 4 heterocycles. The van der Waals surface area contributed by atoms with Gasteiger partial charge in [0.15, 0.2) is 0 Å². The third-order valence-corrected chi connectivity index (χ3v) is 5.81. The minimum Gasteiger partial charge on any atom is -0.497 e. The van der Waals surface area contributed by atoms with Gasteiger partial charge in [0.05, 0.1) is 19.4 Å². The third-order valence-electron chi connectivity index (χ3n) is 5.81. The van der Waals surface area contributed by atoms with Crippen molar-refractivity contribution in [1.82, 2.24) is 14.9 Å². The van der Waals surface area contributed by atoms with Crippen molar-refractivity contribution in [3.8, 4) is 11.5 Å². The van der Waals surface area contributed by atoms with Crippen LogP contribution in [0.4, 0.5) is 11.6 Å². The van der Waals surface area contributed by atoms with Crippen molar-refractivity contribution in [1.29, 1.82) is 0 Å². The number of aromatic nitrogens is 2. The van der Waals surface area contributed by atoms with Crippen LogP contribution < -0.4 is 14.8 Å². The number of nitrogens with one attached hydrogen (secondary N) is 1. The number of anilines is 2. The molecule has 1 saturated heterocycles. The van der Waals surface area contributed by atoms with Crippen LogP contribution in [-0.2, 0) is 4.74 Å². The van der Waals surface area contributed by atoms with E-state index in [2.05, 4.69) is 21.3 Å². The summed E-state index contributed by atoms with van der Waals surface area (Å²) in [5.74, 6) is 3.28. The highest BCUT2D eigenvalue weighted by Gasteiger charge is 2.25. The van der Waals surface area contributed by atoms with Crippen molar-refractivity contribution in [3.63, 3.8) is 0 Å². The Morgan fingerprint density at radius 2 is 1.94 bits per heavy atom. The Kier molecular flexibility index (Phi) is 6.24. The lowest BCUT2D eigenvalue weighted by molar-refractivity contribution is -0.0293. The molecule has 2 aliphatic rings. The van der Waals surface area contributed by atoms with Gasteiger partial charge < -0.3 is 19.5 Å². The summed E-state index contributed by atoms with van der Waals surface area (Å²) >= 11 is 0. The first-order valence-electron chi connectivity index (χ1n) is 11.2. The van der Waals surface area contributed by atoms with Gasteiger partial charge in [-0.05, 0) is 61.0 Å². The van der Waals surface area contributed by atoms with Gasteiger partial charge in [-0.25, -0.2) is 9.97 Å². The van der Waals surface area contributed by atoms with E-state index in [9.17, 15) is 0 Å². The summed E-state index contributed by atoms with van der Waals surface area (Å²) in [4.78, 5) is 11.7.